The number of aromatic nitrogens is 2. The van der Waals surface area contributed by atoms with Crippen molar-refractivity contribution in [2.45, 2.75) is 37.6 Å². The smallest absolute Gasteiger partial charge is 0.251 e. The Hall–Kier alpha value is -2.71. The highest BCUT2D eigenvalue weighted by Gasteiger charge is 2.30. The molecule has 0 bridgehead atoms. The summed E-state index contributed by atoms with van der Waals surface area (Å²) in [6.45, 7) is 4.65. The van der Waals surface area contributed by atoms with E-state index < -0.39 is 10.0 Å². The number of benzene rings is 2. The zero-order chi connectivity index (χ0) is 20.6. The standard InChI is InChI=1S/C21H24N4O3S/c1-14-3-5-18(11-15(14)2)29(27,28)25-9-7-17(8-10-25)24-21(26)16-4-6-19-20(12-16)23-13-22-19/h3-6,11-13,17H,7-10H2,1-2H3,(H,22,23)(H,24,26). The van der Waals surface area contributed by atoms with Crippen LogP contribution in [0.1, 0.15) is 34.3 Å². The van der Waals surface area contributed by atoms with Crippen LogP contribution in [0, 0.1) is 13.8 Å². The Bertz CT molecular complexity index is 1160. The molecule has 2 aromatic carbocycles. The first-order valence-corrected chi connectivity index (χ1v) is 11.1. The molecular formula is C21H24N4O3S. The number of nitrogens with one attached hydrogen (secondary N) is 2. The maximum absolute atomic E-state index is 12.9. The number of aromatic amines is 1. The van der Waals surface area contributed by atoms with E-state index in [0.29, 0.717) is 36.4 Å². The summed E-state index contributed by atoms with van der Waals surface area (Å²) in [5.74, 6) is -0.156. The van der Waals surface area contributed by atoms with E-state index in [4.69, 9.17) is 0 Å². The molecule has 1 saturated heterocycles. The summed E-state index contributed by atoms with van der Waals surface area (Å²) in [7, 11) is -3.51. The van der Waals surface area contributed by atoms with Crippen LogP contribution in [0.25, 0.3) is 11.0 Å². The Balaban J connectivity index is 1.39. The second-order valence-corrected chi connectivity index (χ2v) is 9.47. The van der Waals surface area contributed by atoms with E-state index in [0.717, 1.165) is 22.2 Å². The molecule has 152 valence electrons. The van der Waals surface area contributed by atoms with Crippen molar-refractivity contribution in [3.8, 4) is 0 Å². The van der Waals surface area contributed by atoms with Crippen molar-refractivity contribution in [2.24, 2.45) is 0 Å². The summed E-state index contributed by atoms with van der Waals surface area (Å²) in [5.41, 5.74) is 4.21. The van der Waals surface area contributed by atoms with Crippen molar-refractivity contribution >= 4 is 27.0 Å². The number of imidazole rings is 1. The fraction of sp³-hybridized carbons (Fsp3) is 0.333. The molecule has 1 aliphatic heterocycles. The third-order valence-corrected chi connectivity index (χ3v) is 7.48. The third kappa shape index (κ3) is 3.90. The van der Waals surface area contributed by atoms with Gasteiger partial charge in [0.25, 0.3) is 5.91 Å². The first kappa shape index (κ1) is 19.6. The lowest BCUT2D eigenvalue weighted by atomic mass is 10.1. The SMILES string of the molecule is Cc1ccc(S(=O)(=O)N2CCC(NC(=O)c3ccc4nc[nH]c4c3)CC2)cc1C. The molecule has 4 rings (SSSR count). The summed E-state index contributed by atoms with van der Waals surface area (Å²) in [5, 5.41) is 3.03. The van der Waals surface area contributed by atoms with Gasteiger partial charge in [0.15, 0.2) is 0 Å². The molecule has 8 heteroatoms. The second-order valence-electron chi connectivity index (χ2n) is 7.53. The van der Waals surface area contributed by atoms with Crippen LogP contribution >= 0.6 is 0 Å². The van der Waals surface area contributed by atoms with Gasteiger partial charge in [-0.1, -0.05) is 6.07 Å². The average molecular weight is 413 g/mol. The Labute approximate surface area is 170 Å². The van der Waals surface area contributed by atoms with Gasteiger partial charge in [0, 0.05) is 24.7 Å². The molecule has 1 amide bonds. The molecule has 0 aliphatic carbocycles. The van der Waals surface area contributed by atoms with Gasteiger partial charge in [0.05, 0.1) is 22.3 Å². The molecule has 7 nitrogen and oxygen atoms in total. The quantitative estimate of drug-likeness (QED) is 0.689. The van der Waals surface area contributed by atoms with E-state index in [1.807, 2.05) is 19.9 Å². The predicted octanol–water partition coefficient (Wildman–Crippen LogP) is 2.76. The molecular weight excluding hydrogens is 388 g/mol. The topological polar surface area (TPSA) is 95.2 Å². The van der Waals surface area contributed by atoms with Crippen LogP contribution in [0.2, 0.25) is 0 Å². The van der Waals surface area contributed by atoms with Crippen molar-refractivity contribution in [3.63, 3.8) is 0 Å². The van der Waals surface area contributed by atoms with E-state index in [-0.39, 0.29) is 11.9 Å². The van der Waals surface area contributed by atoms with Crippen LogP contribution in [-0.4, -0.2) is 47.7 Å². The van der Waals surface area contributed by atoms with Crippen molar-refractivity contribution < 1.29 is 13.2 Å². The number of rotatable bonds is 4. The number of piperidine rings is 1. The molecule has 29 heavy (non-hydrogen) atoms. The molecule has 1 aromatic heterocycles. The van der Waals surface area contributed by atoms with Gasteiger partial charge in [-0.25, -0.2) is 13.4 Å². The maximum Gasteiger partial charge on any atom is 0.251 e. The van der Waals surface area contributed by atoms with Crippen molar-refractivity contribution in [2.75, 3.05) is 13.1 Å². The van der Waals surface area contributed by atoms with Gasteiger partial charge >= 0.3 is 0 Å². The minimum absolute atomic E-state index is 0.0498. The number of carbonyl (C=O) groups excluding carboxylic acids is 1. The number of sulfonamides is 1. The summed E-state index contributed by atoms with van der Waals surface area (Å²) in [6, 6.07) is 10.5. The number of amides is 1. The van der Waals surface area contributed by atoms with E-state index in [2.05, 4.69) is 15.3 Å². The molecule has 2 N–H and O–H groups in total. The Morgan fingerprint density at radius 3 is 2.59 bits per heavy atom. The van der Waals surface area contributed by atoms with Gasteiger partial charge in [0.1, 0.15) is 0 Å². The molecule has 2 heterocycles. The van der Waals surface area contributed by atoms with E-state index in [1.54, 1.807) is 36.7 Å². The largest absolute Gasteiger partial charge is 0.349 e. The van der Waals surface area contributed by atoms with Gasteiger partial charge in [-0.3, -0.25) is 4.79 Å². The van der Waals surface area contributed by atoms with Crippen molar-refractivity contribution in [1.82, 2.24) is 19.6 Å². The van der Waals surface area contributed by atoms with Crippen molar-refractivity contribution in [3.05, 3.63) is 59.4 Å². The van der Waals surface area contributed by atoms with E-state index in [9.17, 15) is 13.2 Å². The highest BCUT2D eigenvalue weighted by molar-refractivity contribution is 7.89. The Morgan fingerprint density at radius 2 is 1.86 bits per heavy atom. The second kappa shape index (κ2) is 7.61. The molecule has 0 spiro atoms. The minimum Gasteiger partial charge on any atom is -0.349 e. The van der Waals surface area contributed by atoms with Crippen molar-refractivity contribution in [1.29, 1.82) is 0 Å². The van der Waals surface area contributed by atoms with Gasteiger partial charge < -0.3 is 10.3 Å². The van der Waals surface area contributed by atoms with Gasteiger partial charge in [-0.2, -0.15) is 4.31 Å². The average Bonchev–Trinajstić information content (AvgIpc) is 3.18. The number of aryl methyl sites for hydroxylation is 2. The molecule has 3 aromatic rings. The lowest BCUT2D eigenvalue weighted by molar-refractivity contribution is 0.0924. The van der Waals surface area contributed by atoms with E-state index >= 15 is 0 Å². The highest BCUT2D eigenvalue weighted by atomic mass is 32.2. The fourth-order valence-electron chi connectivity index (χ4n) is 3.61. The third-order valence-electron chi connectivity index (χ3n) is 5.59. The number of nitrogens with zero attached hydrogens (tertiary/aromatic N) is 2. The van der Waals surface area contributed by atoms with Gasteiger partial charge in [0.2, 0.25) is 10.0 Å². The normalized spacial score (nSPS) is 16.2. The summed E-state index contributed by atoms with van der Waals surface area (Å²) in [6.07, 6.45) is 2.77. The Morgan fingerprint density at radius 1 is 1.10 bits per heavy atom. The molecule has 0 atom stereocenters. The number of fused-ring (bicyclic) bond motifs is 1. The fourth-order valence-corrected chi connectivity index (χ4v) is 5.16. The number of hydrogen-bond acceptors (Lipinski definition) is 4. The highest BCUT2D eigenvalue weighted by Crippen LogP contribution is 2.23. The molecule has 1 fully saturated rings. The first-order chi connectivity index (χ1) is 13.8. The predicted molar refractivity (Wildman–Crippen MR) is 111 cm³/mol. The maximum atomic E-state index is 12.9. The summed E-state index contributed by atoms with van der Waals surface area (Å²) >= 11 is 0. The van der Waals surface area contributed by atoms with Crippen LogP contribution < -0.4 is 5.32 Å². The molecule has 0 saturated carbocycles. The van der Waals surface area contributed by atoms with Gasteiger partial charge in [-0.05, 0) is 68.1 Å². The van der Waals surface area contributed by atoms with Crippen LogP contribution in [-0.2, 0) is 10.0 Å². The van der Waals surface area contributed by atoms with Crippen LogP contribution in [0.5, 0.6) is 0 Å². The number of H-pyrrole nitrogens is 1. The monoisotopic (exact) mass is 412 g/mol. The van der Waals surface area contributed by atoms with E-state index in [1.165, 1.54) is 4.31 Å². The minimum atomic E-state index is -3.51. The van der Waals surface area contributed by atoms with Gasteiger partial charge in [-0.15, -0.1) is 0 Å². The van der Waals surface area contributed by atoms with Crippen LogP contribution in [0.15, 0.2) is 47.6 Å². The van der Waals surface area contributed by atoms with Crippen LogP contribution in [0.4, 0.5) is 0 Å². The summed E-state index contributed by atoms with van der Waals surface area (Å²) < 4.78 is 27.4. The zero-order valence-electron chi connectivity index (χ0n) is 16.5. The molecule has 1 aliphatic rings. The molecule has 0 radical (unpaired) electrons. The molecule has 0 unspecified atom stereocenters. The lowest BCUT2D eigenvalue weighted by Gasteiger charge is -2.31. The van der Waals surface area contributed by atoms with Crippen LogP contribution in [0.3, 0.4) is 0 Å². The number of hydrogen-bond donors (Lipinski definition) is 2. The number of carbonyl (C=O) groups is 1. The first-order valence-electron chi connectivity index (χ1n) is 9.66. The lowest BCUT2D eigenvalue weighted by Crippen LogP contribution is -2.46. The zero-order valence-corrected chi connectivity index (χ0v) is 17.3. The Kier molecular flexibility index (Phi) is 5.14. The summed E-state index contributed by atoms with van der Waals surface area (Å²) in [4.78, 5) is 20.1.